The zero-order chi connectivity index (χ0) is 21.3. The molecule has 6 rings (SSSR count). The van der Waals surface area contributed by atoms with Gasteiger partial charge in [0.05, 0.1) is 8.07 Å². The van der Waals surface area contributed by atoms with Gasteiger partial charge in [-0.2, -0.15) is 27.6 Å². The molecule has 0 bridgehead atoms. The van der Waals surface area contributed by atoms with Gasteiger partial charge in [-0.25, -0.2) is 0 Å². The molecule has 0 atom stereocenters. The van der Waals surface area contributed by atoms with E-state index in [2.05, 4.69) is 112 Å². The first-order valence-electron chi connectivity index (χ1n) is 11.1. The van der Waals surface area contributed by atoms with Gasteiger partial charge in [0.2, 0.25) is 0 Å². The highest BCUT2D eigenvalue weighted by atomic mass is 28.3. The Hall–Kier alpha value is -3.16. The van der Waals surface area contributed by atoms with Gasteiger partial charge in [0.25, 0.3) is 0 Å². The van der Waals surface area contributed by atoms with E-state index in [1.54, 1.807) is 10.4 Å². The number of rotatable bonds is 2. The Morgan fingerprint density at radius 1 is 0.677 bits per heavy atom. The Balaban J connectivity index is 1.67. The van der Waals surface area contributed by atoms with Gasteiger partial charge in [-0.3, -0.25) is 0 Å². The Bertz CT molecular complexity index is 1500. The minimum Gasteiger partial charge on any atom is -0.173 e. The molecule has 31 heavy (non-hydrogen) atoms. The van der Waals surface area contributed by atoms with Crippen LogP contribution in [0.2, 0.25) is 13.1 Å². The molecule has 0 aliphatic heterocycles. The van der Waals surface area contributed by atoms with Crippen LogP contribution in [0.15, 0.2) is 84.9 Å². The summed E-state index contributed by atoms with van der Waals surface area (Å²) in [6.07, 6.45) is 0. The SMILES string of the molecule is Cc1cc2c3ccccc3cc[c-]2c1[Si](C)(C)c1c2ccc3ccccc3c2c[c-]1C. The quantitative estimate of drug-likeness (QED) is 0.208. The van der Waals surface area contributed by atoms with Crippen molar-refractivity contribution in [2.45, 2.75) is 26.9 Å². The highest BCUT2D eigenvalue weighted by Gasteiger charge is 2.27. The molecular formula is C30H26Si-2. The fourth-order valence-corrected chi connectivity index (χ4v) is 10.3. The monoisotopic (exact) mass is 414 g/mol. The molecule has 0 fully saturated rings. The average molecular weight is 415 g/mol. The van der Waals surface area contributed by atoms with Gasteiger partial charge in [0.15, 0.2) is 0 Å². The van der Waals surface area contributed by atoms with Crippen molar-refractivity contribution in [3.05, 3.63) is 96.1 Å². The molecule has 0 spiro atoms. The molecule has 0 aromatic heterocycles. The Labute approximate surface area is 184 Å². The summed E-state index contributed by atoms with van der Waals surface area (Å²) in [6.45, 7) is 9.71. The van der Waals surface area contributed by atoms with Crippen LogP contribution in [0.25, 0.3) is 43.1 Å². The van der Waals surface area contributed by atoms with Crippen molar-refractivity contribution in [1.29, 1.82) is 0 Å². The zero-order valence-corrected chi connectivity index (χ0v) is 19.6. The first kappa shape index (κ1) is 18.6. The highest BCUT2D eigenvalue weighted by molar-refractivity contribution is 7.03. The molecule has 0 aliphatic carbocycles. The van der Waals surface area contributed by atoms with Crippen molar-refractivity contribution in [3.63, 3.8) is 0 Å². The second-order valence-corrected chi connectivity index (χ2v) is 13.8. The molecule has 0 saturated carbocycles. The fraction of sp³-hybridized carbons (Fsp3) is 0.133. The summed E-state index contributed by atoms with van der Waals surface area (Å²) in [5, 5.41) is 14.3. The second-order valence-electron chi connectivity index (χ2n) is 9.53. The molecule has 6 aromatic carbocycles. The lowest BCUT2D eigenvalue weighted by Gasteiger charge is -2.33. The summed E-state index contributed by atoms with van der Waals surface area (Å²) in [4.78, 5) is 0. The summed E-state index contributed by atoms with van der Waals surface area (Å²) in [5.74, 6) is 0. The Kier molecular flexibility index (Phi) is 3.85. The van der Waals surface area contributed by atoms with Crippen LogP contribution in [-0.4, -0.2) is 8.07 Å². The van der Waals surface area contributed by atoms with Crippen LogP contribution in [0.5, 0.6) is 0 Å². The lowest BCUT2D eigenvalue weighted by Crippen LogP contribution is -2.54. The minimum absolute atomic E-state index is 1.33. The molecule has 152 valence electrons. The smallest absolute Gasteiger partial charge is 0.0711 e. The van der Waals surface area contributed by atoms with Crippen molar-refractivity contribution in [2.24, 2.45) is 0 Å². The van der Waals surface area contributed by atoms with Gasteiger partial charge in [0.1, 0.15) is 0 Å². The predicted octanol–water partition coefficient (Wildman–Crippen LogP) is 7.18. The Morgan fingerprint density at radius 3 is 2.13 bits per heavy atom. The maximum Gasteiger partial charge on any atom is 0.0711 e. The van der Waals surface area contributed by atoms with Crippen molar-refractivity contribution < 1.29 is 0 Å². The van der Waals surface area contributed by atoms with Crippen LogP contribution in [0.4, 0.5) is 0 Å². The number of fused-ring (bicyclic) bond motifs is 6. The third kappa shape index (κ3) is 2.53. The minimum atomic E-state index is -1.94. The third-order valence-corrected chi connectivity index (χ3v) is 11.1. The lowest BCUT2D eigenvalue weighted by molar-refractivity contribution is 1.55. The third-order valence-electron chi connectivity index (χ3n) is 7.24. The summed E-state index contributed by atoms with van der Waals surface area (Å²) >= 11 is 0. The average Bonchev–Trinajstić information content (AvgIpc) is 3.30. The second kappa shape index (κ2) is 6.42. The summed E-state index contributed by atoms with van der Waals surface area (Å²) in [7, 11) is -1.94. The van der Waals surface area contributed by atoms with E-state index in [9.17, 15) is 0 Å². The molecule has 0 nitrogen and oxygen atoms in total. The molecular weight excluding hydrogens is 388 g/mol. The molecule has 0 heterocycles. The van der Waals surface area contributed by atoms with E-state index in [0.717, 1.165) is 0 Å². The molecule has 1 heteroatoms. The van der Waals surface area contributed by atoms with E-state index >= 15 is 0 Å². The largest absolute Gasteiger partial charge is 0.173 e. The van der Waals surface area contributed by atoms with Crippen LogP contribution in [0.3, 0.4) is 0 Å². The van der Waals surface area contributed by atoms with Crippen LogP contribution < -0.4 is 10.4 Å². The normalized spacial score (nSPS) is 12.5. The standard InChI is InChI=1S/C30H26Si/c1-19-17-27-23-11-7-5-9-21(23)13-15-25(27)29(19)31(3,4)30-20(2)18-28-24-12-8-6-10-22(24)14-16-26(28)30/h5-18H,1-4H3/q-2. The van der Waals surface area contributed by atoms with Crippen molar-refractivity contribution in [3.8, 4) is 0 Å². The zero-order valence-electron chi connectivity index (χ0n) is 18.6. The van der Waals surface area contributed by atoms with Gasteiger partial charge in [-0.15, -0.1) is 40.4 Å². The van der Waals surface area contributed by atoms with Gasteiger partial charge >= 0.3 is 0 Å². The number of hydrogen-bond acceptors (Lipinski definition) is 0. The van der Waals surface area contributed by atoms with Crippen LogP contribution >= 0.6 is 0 Å². The first-order chi connectivity index (χ1) is 15.0. The van der Waals surface area contributed by atoms with Gasteiger partial charge < -0.3 is 0 Å². The maximum atomic E-state index is 2.54. The van der Waals surface area contributed by atoms with E-state index < -0.39 is 8.07 Å². The lowest BCUT2D eigenvalue weighted by atomic mass is 10.1. The number of aryl methyl sites for hydroxylation is 2. The first-order valence-corrected chi connectivity index (χ1v) is 14.1. The maximum absolute atomic E-state index is 2.54. The summed E-state index contributed by atoms with van der Waals surface area (Å²) in [6, 6.07) is 31.8. The van der Waals surface area contributed by atoms with E-state index in [4.69, 9.17) is 0 Å². The van der Waals surface area contributed by atoms with Crippen LogP contribution in [-0.2, 0) is 0 Å². The molecule has 0 N–H and O–H groups in total. The van der Waals surface area contributed by atoms with E-state index in [-0.39, 0.29) is 0 Å². The van der Waals surface area contributed by atoms with Crippen LogP contribution in [0, 0.1) is 13.8 Å². The summed E-state index contributed by atoms with van der Waals surface area (Å²) in [5.41, 5.74) is 2.88. The topological polar surface area (TPSA) is 0 Å². The molecule has 0 saturated heterocycles. The van der Waals surface area contributed by atoms with Crippen molar-refractivity contribution >= 4 is 61.5 Å². The summed E-state index contributed by atoms with van der Waals surface area (Å²) < 4.78 is 0. The highest BCUT2D eigenvalue weighted by Crippen LogP contribution is 2.32. The van der Waals surface area contributed by atoms with E-state index in [1.165, 1.54) is 54.2 Å². The van der Waals surface area contributed by atoms with Gasteiger partial charge in [0, 0.05) is 0 Å². The van der Waals surface area contributed by atoms with E-state index in [1.807, 2.05) is 0 Å². The molecule has 0 aliphatic rings. The molecule has 0 radical (unpaired) electrons. The van der Waals surface area contributed by atoms with Gasteiger partial charge in [-0.05, 0) is 5.39 Å². The van der Waals surface area contributed by atoms with Crippen LogP contribution in [0.1, 0.15) is 11.1 Å². The van der Waals surface area contributed by atoms with E-state index in [0.29, 0.717) is 0 Å². The predicted molar refractivity (Wildman–Crippen MR) is 140 cm³/mol. The van der Waals surface area contributed by atoms with Gasteiger partial charge in [-0.1, -0.05) is 103 Å². The molecule has 0 unspecified atom stereocenters. The fourth-order valence-electron chi connectivity index (χ4n) is 6.12. The van der Waals surface area contributed by atoms with Crippen molar-refractivity contribution in [1.82, 2.24) is 0 Å². The number of benzene rings is 4. The molecule has 0 amide bonds. The molecule has 6 aromatic rings. The van der Waals surface area contributed by atoms with Crippen molar-refractivity contribution in [2.75, 3.05) is 0 Å². The number of hydrogen-bond donors (Lipinski definition) is 0. The Morgan fingerprint density at radius 2 is 1.35 bits per heavy atom.